The number of hydrogen-bond acceptors (Lipinski definition) is 3. The maximum Gasteiger partial charge on any atom is 0.416 e. The summed E-state index contributed by atoms with van der Waals surface area (Å²) in [6, 6.07) is 5.14. The second kappa shape index (κ2) is 8.61. The van der Waals surface area contributed by atoms with Crippen LogP contribution in [0.4, 0.5) is 13.2 Å². The summed E-state index contributed by atoms with van der Waals surface area (Å²) in [4.78, 5) is 12.2. The Kier molecular flexibility index (Phi) is 6.42. The average molecular weight is 385 g/mol. The van der Waals surface area contributed by atoms with Crippen molar-refractivity contribution in [2.45, 2.75) is 63.0 Å². The number of rotatable bonds is 5. The maximum atomic E-state index is 12.8. The van der Waals surface area contributed by atoms with Gasteiger partial charge in [-0.2, -0.15) is 13.2 Å². The van der Waals surface area contributed by atoms with Crippen molar-refractivity contribution in [3.05, 3.63) is 35.4 Å². The molecule has 2 aliphatic rings. The third kappa shape index (κ3) is 5.02. The normalized spacial score (nSPS) is 28.4. The molecule has 0 aromatic heterocycles. The summed E-state index contributed by atoms with van der Waals surface area (Å²) in [5.74, 6) is 0.204. The predicted octanol–water partition coefficient (Wildman–Crippen LogP) is 4.25. The Morgan fingerprint density at radius 2 is 1.93 bits per heavy atom. The van der Waals surface area contributed by atoms with E-state index in [4.69, 9.17) is 9.47 Å². The lowest BCUT2D eigenvalue weighted by atomic mass is 9.76. The van der Waals surface area contributed by atoms with Gasteiger partial charge in [-0.1, -0.05) is 25.0 Å². The van der Waals surface area contributed by atoms with Gasteiger partial charge in [-0.3, -0.25) is 4.79 Å². The number of methoxy groups -OCH3 is 1. The summed E-state index contributed by atoms with van der Waals surface area (Å²) in [5.41, 5.74) is 0.0604. The van der Waals surface area contributed by atoms with Crippen LogP contribution in [0.2, 0.25) is 0 Å². The Hall–Kier alpha value is -1.60. The van der Waals surface area contributed by atoms with Crippen LogP contribution >= 0.6 is 0 Å². The van der Waals surface area contributed by atoms with Crippen LogP contribution in [0.15, 0.2) is 24.3 Å². The molecule has 1 heterocycles. The van der Waals surface area contributed by atoms with Crippen molar-refractivity contribution in [2.75, 3.05) is 13.7 Å². The maximum absolute atomic E-state index is 12.8. The number of halogens is 3. The molecule has 4 nitrogen and oxygen atoms in total. The van der Waals surface area contributed by atoms with Gasteiger partial charge >= 0.3 is 6.18 Å². The molecule has 150 valence electrons. The molecule has 1 aromatic rings. The van der Waals surface area contributed by atoms with Crippen molar-refractivity contribution < 1.29 is 27.4 Å². The highest BCUT2D eigenvalue weighted by Gasteiger charge is 2.41. The molecule has 0 unspecified atom stereocenters. The Morgan fingerprint density at radius 1 is 1.22 bits per heavy atom. The topological polar surface area (TPSA) is 47.6 Å². The Labute approximate surface area is 157 Å². The molecule has 27 heavy (non-hydrogen) atoms. The molecule has 0 radical (unpaired) electrons. The van der Waals surface area contributed by atoms with E-state index in [2.05, 4.69) is 5.32 Å². The second-order valence-electron chi connectivity index (χ2n) is 7.38. The monoisotopic (exact) mass is 385 g/mol. The highest BCUT2D eigenvalue weighted by Crippen LogP contribution is 2.42. The quantitative estimate of drug-likeness (QED) is 0.824. The standard InChI is InChI=1S/C20H26F3NO3/c1-26-11-10-19(25)24-16-12-18(27-17-5-3-2-4-15(16)17)13-6-8-14(9-7-13)20(21,22)23/h6-9,15-18H,2-5,10-12H2,1H3,(H,24,25)/t15-,16+,17+,18+/m0/s1. The number of amides is 1. The minimum atomic E-state index is -4.35. The largest absolute Gasteiger partial charge is 0.416 e. The van der Waals surface area contributed by atoms with Crippen molar-refractivity contribution in [3.63, 3.8) is 0 Å². The fourth-order valence-corrected chi connectivity index (χ4v) is 4.17. The lowest BCUT2D eigenvalue weighted by Gasteiger charge is -2.45. The first-order chi connectivity index (χ1) is 12.9. The van der Waals surface area contributed by atoms with Crippen LogP contribution in [0, 0.1) is 5.92 Å². The van der Waals surface area contributed by atoms with E-state index >= 15 is 0 Å². The molecule has 0 bridgehead atoms. The fraction of sp³-hybridized carbons (Fsp3) is 0.650. The van der Waals surface area contributed by atoms with E-state index in [0.717, 1.165) is 43.4 Å². The van der Waals surface area contributed by atoms with Crippen LogP contribution in [0.3, 0.4) is 0 Å². The van der Waals surface area contributed by atoms with Gasteiger partial charge in [0.1, 0.15) is 0 Å². The molecule has 7 heteroatoms. The van der Waals surface area contributed by atoms with E-state index in [1.807, 2.05) is 0 Å². The van der Waals surface area contributed by atoms with Crippen LogP contribution < -0.4 is 5.32 Å². The van der Waals surface area contributed by atoms with Gasteiger partial charge in [0, 0.05) is 25.5 Å². The summed E-state index contributed by atoms with van der Waals surface area (Å²) in [6.07, 6.45) is 0.364. The van der Waals surface area contributed by atoms with E-state index in [9.17, 15) is 18.0 Å². The van der Waals surface area contributed by atoms with Crippen LogP contribution in [0.5, 0.6) is 0 Å². The summed E-state index contributed by atoms with van der Waals surface area (Å²) < 4.78 is 49.6. The highest BCUT2D eigenvalue weighted by atomic mass is 19.4. The zero-order valence-electron chi connectivity index (χ0n) is 15.4. The van der Waals surface area contributed by atoms with Gasteiger partial charge in [-0.15, -0.1) is 0 Å². The molecule has 0 spiro atoms. The lowest BCUT2D eigenvalue weighted by molar-refractivity contribution is -0.138. The van der Waals surface area contributed by atoms with Gasteiger partial charge in [-0.25, -0.2) is 0 Å². The fourth-order valence-electron chi connectivity index (χ4n) is 4.17. The van der Waals surface area contributed by atoms with Gasteiger partial charge in [0.25, 0.3) is 0 Å². The van der Waals surface area contributed by atoms with Gasteiger partial charge in [0.05, 0.1) is 24.4 Å². The molecule has 1 aliphatic heterocycles. The smallest absolute Gasteiger partial charge is 0.384 e. The van der Waals surface area contributed by atoms with Crippen LogP contribution in [-0.2, 0) is 20.4 Å². The third-order valence-electron chi connectivity index (χ3n) is 5.57. The van der Waals surface area contributed by atoms with Gasteiger partial charge in [-0.05, 0) is 37.0 Å². The summed E-state index contributed by atoms with van der Waals surface area (Å²) >= 11 is 0. The summed E-state index contributed by atoms with van der Waals surface area (Å²) in [5, 5.41) is 3.11. The van der Waals surface area contributed by atoms with Crippen LogP contribution in [0.25, 0.3) is 0 Å². The van der Waals surface area contributed by atoms with Crippen molar-refractivity contribution in [3.8, 4) is 0 Å². The number of alkyl halides is 3. The number of carbonyl (C=O) groups is 1. The molecule has 1 N–H and O–H groups in total. The first-order valence-corrected chi connectivity index (χ1v) is 9.49. The minimum Gasteiger partial charge on any atom is -0.384 e. The Balaban J connectivity index is 1.73. The molecule has 1 saturated heterocycles. The number of ether oxygens (including phenoxy) is 2. The average Bonchev–Trinajstić information content (AvgIpc) is 2.65. The van der Waals surface area contributed by atoms with Crippen molar-refractivity contribution in [1.29, 1.82) is 0 Å². The molecule has 1 amide bonds. The number of benzene rings is 1. The van der Waals surface area contributed by atoms with Gasteiger partial charge in [0.15, 0.2) is 0 Å². The molecule has 1 aliphatic carbocycles. The van der Waals surface area contributed by atoms with E-state index in [1.165, 1.54) is 12.1 Å². The van der Waals surface area contributed by atoms with Gasteiger partial charge < -0.3 is 14.8 Å². The predicted molar refractivity (Wildman–Crippen MR) is 94.1 cm³/mol. The lowest BCUT2D eigenvalue weighted by Crippen LogP contribution is -2.51. The molecular formula is C20H26F3NO3. The Bertz CT molecular complexity index is 632. The Morgan fingerprint density at radius 3 is 2.59 bits per heavy atom. The molecule has 4 atom stereocenters. The zero-order chi connectivity index (χ0) is 19.4. The number of fused-ring (bicyclic) bond motifs is 1. The van der Waals surface area contributed by atoms with Gasteiger partial charge in [0.2, 0.25) is 5.91 Å². The summed E-state index contributed by atoms with van der Waals surface area (Å²) in [7, 11) is 1.56. The minimum absolute atomic E-state index is 0.0271. The van der Waals surface area contributed by atoms with Crippen molar-refractivity contribution in [1.82, 2.24) is 5.32 Å². The van der Waals surface area contributed by atoms with E-state index in [-0.39, 0.29) is 30.1 Å². The van der Waals surface area contributed by atoms with E-state index < -0.39 is 11.7 Å². The van der Waals surface area contributed by atoms with E-state index in [1.54, 1.807) is 7.11 Å². The molecule has 2 fully saturated rings. The number of nitrogens with one attached hydrogen (secondary N) is 1. The SMILES string of the molecule is COCCC(=O)N[C@@H]1C[C@H](c2ccc(C(F)(F)F)cc2)O[C@@H]2CCCC[C@@H]12. The highest BCUT2D eigenvalue weighted by molar-refractivity contribution is 5.76. The van der Waals surface area contributed by atoms with Crippen molar-refractivity contribution >= 4 is 5.91 Å². The molecular weight excluding hydrogens is 359 g/mol. The molecule has 1 saturated carbocycles. The van der Waals surface area contributed by atoms with Crippen molar-refractivity contribution in [2.24, 2.45) is 5.92 Å². The zero-order valence-corrected chi connectivity index (χ0v) is 15.4. The number of hydrogen-bond donors (Lipinski definition) is 1. The molecule has 1 aromatic carbocycles. The molecule has 3 rings (SSSR count). The first kappa shape index (κ1) is 20.1. The third-order valence-corrected chi connectivity index (χ3v) is 5.57. The van der Waals surface area contributed by atoms with E-state index in [0.29, 0.717) is 19.4 Å². The van der Waals surface area contributed by atoms with Crippen LogP contribution in [-0.4, -0.2) is 31.8 Å². The van der Waals surface area contributed by atoms with Crippen LogP contribution in [0.1, 0.15) is 55.8 Å². The first-order valence-electron chi connectivity index (χ1n) is 9.49. The summed E-state index contributed by atoms with van der Waals surface area (Å²) in [6.45, 7) is 0.367. The second-order valence-corrected chi connectivity index (χ2v) is 7.38. The number of carbonyl (C=O) groups excluding carboxylic acids is 1.